The molecular formula is C21H18N2O2. The highest BCUT2D eigenvalue weighted by molar-refractivity contribution is 6.36. The Kier molecular flexibility index (Phi) is 3.35. The molecule has 25 heavy (non-hydrogen) atoms. The quantitative estimate of drug-likeness (QED) is 0.667. The minimum atomic E-state index is -0.270. The van der Waals surface area contributed by atoms with Gasteiger partial charge >= 0.3 is 0 Å². The van der Waals surface area contributed by atoms with Crippen molar-refractivity contribution in [3.05, 3.63) is 71.3 Å². The molecule has 0 fully saturated rings. The average molecular weight is 330 g/mol. The number of anilines is 2. The summed E-state index contributed by atoms with van der Waals surface area (Å²) in [5.41, 5.74) is 3.66. The topological polar surface area (TPSA) is 40.6 Å². The molecule has 4 rings (SSSR count). The van der Waals surface area contributed by atoms with Crippen LogP contribution in [0.4, 0.5) is 11.4 Å². The first-order valence-corrected chi connectivity index (χ1v) is 8.18. The van der Waals surface area contributed by atoms with Crippen LogP contribution in [0.1, 0.15) is 26.3 Å². The Morgan fingerprint density at radius 3 is 2.16 bits per heavy atom. The number of aryl methyl sites for hydroxylation is 1. The number of imide groups is 1. The van der Waals surface area contributed by atoms with Crippen molar-refractivity contribution >= 4 is 34.0 Å². The molecule has 1 aliphatic rings. The summed E-state index contributed by atoms with van der Waals surface area (Å²) in [6.45, 7) is 1.90. The third-order valence-corrected chi connectivity index (χ3v) is 4.72. The standard InChI is InChI=1S/C21H18N2O2/c1-13-7-4-5-10-17(13)23-20(24)15-9-6-8-14-18(22(2)3)12-11-16(19(14)15)21(23)25/h4-12H,1-3H3. The number of hydrogen-bond donors (Lipinski definition) is 0. The summed E-state index contributed by atoms with van der Waals surface area (Å²) in [5, 5.41) is 1.67. The summed E-state index contributed by atoms with van der Waals surface area (Å²) in [5.74, 6) is -0.540. The molecule has 4 nitrogen and oxygen atoms in total. The van der Waals surface area contributed by atoms with E-state index in [4.69, 9.17) is 0 Å². The summed E-state index contributed by atoms with van der Waals surface area (Å²) in [6.07, 6.45) is 0. The Labute approximate surface area is 146 Å². The molecule has 0 radical (unpaired) electrons. The summed E-state index contributed by atoms with van der Waals surface area (Å²) in [7, 11) is 3.91. The zero-order valence-electron chi connectivity index (χ0n) is 14.4. The maximum atomic E-state index is 13.1. The number of carbonyl (C=O) groups excluding carboxylic acids is 2. The molecule has 4 heteroatoms. The van der Waals surface area contributed by atoms with Crippen molar-refractivity contribution in [2.24, 2.45) is 0 Å². The Balaban J connectivity index is 2.01. The van der Waals surface area contributed by atoms with Crippen molar-refractivity contribution in [2.75, 3.05) is 23.9 Å². The predicted octanol–water partition coefficient (Wildman–Crippen LogP) is 4.01. The first-order valence-electron chi connectivity index (χ1n) is 8.18. The third-order valence-electron chi connectivity index (χ3n) is 4.72. The maximum absolute atomic E-state index is 13.1. The van der Waals surface area contributed by atoms with Crippen LogP contribution >= 0.6 is 0 Å². The molecule has 0 bridgehead atoms. The van der Waals surface area contributed by atoms with Crippen LogP contribution in [0.15, 0.2) is 54.6 Å². The van der Waals surface area contributed by atoms with E-state index in [2.05, 4.69) is 0 Å². The maximum Gasteiger partial charge on any atom is 0.265 e. The number of nitrogens with zero attached hydrogens (tertiary/aromatic N) is 2. The zero-order valence-corrected chi connectivity index (χ0v) is 14.4. The molecule has 2 amide bonds. The lowest BCUT2D eigenvalue weighted by Gasteiger charge is -2.29. The molecule has 1 heterocycles. The second-order valence-electron chi connectivity index (χ2n) is 6.49. The molecule has 124 valence electrons. The molecule has 1 aliphatic heterocycles. The van der Waals surface area contributed by atoms with Crippen LogP contribution in [0.5, 0.6) is 0 Å². The van der Waals surface area contributed by atoms with E-state index in [9.17, 15) is 9.59 Å². The lowest BCUT2D eigenvalue weighted by atomic mass is 9.92. The number of benzene rings is 3. The van der Waals surface area contributed by atoms with E-state index in [0.29, 0.717) is 16.8 Å². The molecule has 0 saturated heterocycles. The monoisotopic (exact) mass is 330 g/mol. The van der Waals surface area contributed by atoms with Crippen molar-refractivity contribution in [2.45, 2.75) is 6.92 Å². The van der Waals surface area contributed by atoms with Crippen LogP contribution < -0.4 is 9.80 Å². The summed E-state index contributed by atoms with van der Waals surface area (Å²) in [4.78, 5) is 29.6. The van der Waals surface area contributed by atoms with Gasteiger partial charge in [-0.3, -0.25) is 9.59 Å². The van der Waals surface area contributed by atoms with Crippen LogP contribution in [0.3, 0.4) is 0 Å². The van der Waals surface area contributed by atoms with Gasteiger partial charge < -0.3 is 4.90 Å². The van der Waals surface area contributed by atoms with Gasteiger partial charge in [-0.2, -0.15) is 0 Å². The van der Waals surface area contributed by atoms with E-state index in [-0.39, 0.29) is 11.8 Å². The predicted molar refractivity (Wildman–Crippen MR) is 101 cm³/mol. The van der Waals surface area contributed by atoms with Crippen molar-refractivity contribution in [3.8, 4) is 0 Å². The van der Waals surface area contributed by atoms with E-state index in [0.717, 1.165) is 22.0 Å². The Bertz CT molecular complexity index is 1010. The normalized spacial score (nSPS) is 13.5. The average Bonchev–Trinajstić information content (AvgIpc) is 2.60. The number of rotatable bonds is 2. The Morgan fingerprint density at radius 1 is 0.800 bits per heavy atom. The molecule has 0 saturated carbocycles. The Morgan fingerprint density at radius 2 is 1.48 bits per heavy atom. The molecule has 0 unspecified atom stereocenters. The highest BCUT2D eigenvalue weighted by Crippen LogP contribution is 2.37. The summed E-state index contributed by atoms with van der Waals surface area (Å²) in [6, 6.07) is 16.8. The molecule has 0 spiro atoms. The van der Waals surface area contributed by atoms with Crippen LogP contribution in [-0.4, -0.2) is 25.9 Å². The van der Waals surface area contributed by atoms with Crippen molar-refractivity contribution in [3.63, 3.8) is 0 Å². The van der Waals surface area contributed by atoms with Gasteiger partial charge in [-0.1, -0.05) is 30.3 Å². The van der Waals surface area contributed by atoms with Crippen LogP contribution in [0.25, 0.3) is 10.8 Å². The molecule has 0 aliphatic carbocycles. The number of amides is 2. The van der Waals surface area contributed by atoms with Crippen molar-refractivity contribution in [1.82, 2.24) is 0 Å². The van der Waals surface area contributed by atoms with Gasteiger partial charge in [0.25, 0.3) is 11.8 Å². The van der Waals surface area contributed by atoms with Gasteiger partial charge in [-0.05, 0) is 36.8 Å². The van der Waals surface area contributed by atoms with Gasteiger partial charge in [0.05, 0.1) is 5.69 Å². The molecule has 0 atom stereocenters. The minimum Gasteiger partial charge on any atom is -0.377 e. The van der Waals surface area contributed by atoms with E-state index in [1.54, 1.807) is 6.07 Å². The second-order valence-corrected chi connectivity index (χ2v) is 6.49. The first-order chi connectivity index (χ1) is 12.0. The first kappa shape index (κ1) is 15.4. The highest BCUT2D eigenvalue weighted by Gasteiger charge is 2.35. The lowest BCUT2D eigenvalue weighted by molar-refractivity contribution is 0.0893. The van der Waals surface area contributed by atoms with Gasteiger partial charge in [-0.25, -0.2) is 4.90 Å². The number of para-hydroxylation sites is 1. The summed E-state index contributed by atoms with van der Waals surface area (Å²) < 4.78 is 0. The number of hydrogen-bond acceptors (Lipinski definition) is 3. The smallest absolute Gasteiger partial charge is 0.265 e. The Hall–Kier alpha value is -3.14. The second kappa shape index (κ2) is 5.45. The lowest BCUT2D eigenvalue weighted by Crippen LogP contribution is -2.40. The minimum absolute atomic E-state index is 0.270. The summed E-state index contributed by atoms with van der Waals surface area (Å²) >= 11 is 0. The van der Waals surface area contributed by atoms with Crippen LogP contribution in [-0.2, 0) is 0 Å². The molecule has 0 aromatic heterocycles. The van der Waals surface area contributed by atoms with Gasteiger partial charge in [0, 0.05) is 41.7 Å². The fourth-order valence-corrected chi connectivity index (χ4v) is 3.50. The van der Waals surface area contributed by atoms with Gasteiger partial charge in [-0.15, -0.1) is 0 Å². The van der Waals surface area contributed by atoms with E-state index in [1.807, 2.05) is 74.4 Å². The SMILES string of the molecule is Cc1ccccc1N1C(=O)c2cccc3c(N(C)C)ccc(c23)C1=O. The largest absolute Gasteiger partial charge is 0.377 e. The van der Waals surface area contributed by atoms with Crippen LogP contribution in [0, 0.1) is 6.92 Å². The van der Waals surface area contributed by atoms with E-state index >= 15 is 0 Å². The van der Waals surface area contributed by atoms with Gasteiger partial charge in [0.15, 0.2) is 0 Å². The molecule has 3 aromatic rings. The van der Waals surface area contributed by atoms with Crippen molar-refractivity contribution < 1.29 is 9.59 Å². The fourth-order valence-electron chi connectivity index (χ4n) is 3.50. The number of carbonyl (C=O) groups is 2. The highest BCUT2D eigenvalue weighted by atomic mass is 16.2. The van der Waals surface area contributed by atoms with Gasteiger partial charge in [0.2, 0.25) is 0 Å². The van der Waals surface area contributed by atoms with E-state index in [1.165, 1.54) is 4.90 Å². The zero-order chi connectivity index (χ0) is 17.7. The van der Waals surface area contributed by atoms with E-state index < -0.39 is 0 Å². The molecule has 0 N–H and O–H groups in total. The molecular weight excluding hydrogens is 312 g/mol. The third kappa shape index (κ3) is 2.14. The molecule has 3 aromatic carbocycles. The fraction of sp³-hybridized carbons (Fsp3) is 0.143. The van der Waals surface area contributed by atoms with Crippen LogP contribution in [0.2, 0.25) is 0 Å². The van der Waals surface area contributed by atoms with Gasteiger partial charge in [0.1, 0.15) is 0 Å². The van der Waals surface area contributed by atoms with Crippen molar-refractivity contribution in [1.29, 1.82) is 0 Å².